The molecule has 3 nitrogen and oxygen atoms in total. The lowest BCUT2D eigenvalue weighted by Crippen LogP contribution is -2.38. The molecule has 0 amide bonds. The van der Waals surface area contributed by atoms with Gasteiger partial charge in [-0.05, 0) is 18.9 Å². The molecular weight excluding hydrogens is 365 g/mol. The van der Waals surface area contributed by atoms with Gasteiger partial charge < -0.3 is 4.57 Å². The van der Waals surface area contributed by atoms with Gasteiger partial charge in [0, 0.05) is 29.6 Å². The zero-order valence-electron chi connectivity index (χ0n) is 14.6. The van der Waals surface area contributed by atoms with Crippen LogP contribution in [0.3, 0.4) is 0 Å². The van der Waals surface area contributed by atoms with Crippen LogP contribution in [0.4, 0.5) is 0 Å². The Hall–Kier alpha value is -1.91. The Balaban J connectivity index is 1.89. The lowest BCUT2D eigenvalue weighted by molar-refractivity contribution is 0.137. The molecule has 2 aromatic rings. The maximum absolute atomic E-state index is 9.55. The zero-order valence-corrected chi connectivity index (χ0v) is 16.1. The summed E-state index contributed by atoms with van der Waals surface area (Å²) in [6.45, 7) is 1.28. The third-order valence-electron chi connectivity index (χ3n) is 4.97. The molecule has 0 bridgehead atoms. The van der Waals surface area contributed by atoms with Gasteiger partial charge in [-0.2, -0.15) is 5.26 Å². The molecule has 1 fully saturated rings. The monoisotopic (exact) mass is 385 g/mol. The van der Waals surface area contributed by atoms with Crippen LogP contribution in [-0.2, 0) is 6.67 Å². The van der Waals surface area contributed by atoms with Crippen molar-refractivity contribution in [2.75, 3.05) is 6.54 Å². The summed E-state index contributed by atoms with van der Waals surface area (Å²) >= 11 is 12.5. The molecule has 0 N–H and O–H groups in total. The predicted octanol–water partition coefficient (Wildman–Crippen LogP) is 5.56. The quantitative estimate of drug-likeness (QED) is 0.630. The SMILES string of the molecule is C#CCN(Cn1cc(C#N)c(-c2cccc(Cl)c2Cl)c1)C1CCCCC1. The molecular formula is C21H21Cl2N3. The van der Waals surface area contributed by atoms with Gasteiger partial charge >= 0.3 is 0 Å². The summed E-state index contributed by atoms with van der Waals surface area (Å²) in [4.78, 5) is 2.32. The molecule has 1 heterocycles. The average Bonchev–Trinajstić information content (AvgIpc) is 3.07. The second-order valence-electron chi connectivity index (χ2n) is 6.70. The molecule has 26 heavy (non-hydrogen) atoms. The van der Waals surface area contributed by atoms with E-state index in [9.17, 15) is 5.26 Å². The molecule has 1 aliphatic rings. The molecule has 0 aliphatic heterocycles. The Kier molecular flexibility index (Phi) is 6.28. The van der Waals surface area contributed by atoms with E-state index in [0.29, 0.717) is 34.9 Å². The molecule has 1 aliphatic carbocycles. The summed E-state index contributed by atoms with van der Waals surface area (Å²) in [5.74, 6) is 2.78. The third kappa shape index (κ3) is 4.08. The van der Waals surface area contributed by atoms with Crippen LogP contribution in [0.2, 0.25) is 10.0 Å². The van der Waals surface area contributed by atoms with Crippen molar-refractivity contribution < 1.29 is 0 Å². The summed E-state index contributed by atoms with van der Waals surface area (Å²) in [5.41, 5.74) is 2.15. The molecule has 0 unspecified atom stereocenters. The smallest absolute Gasteiger partial charge is 0.101 e. The van der Waals surface area contributed by atoms with Crippen molar-refractivity contribution in [3.8, 4) is 29.5 Å². The first-order valence-corrected chi connectivity index (χ1v) is 9.61. The van der Waals surface area contributed by atoms with Crippen molar-refractivity contribution in [3.05, 3.63) is 46.2 Å². The molecule has 134 valence electrons. The summed E-state index contributed by atoms with van der Waals surface area (Å²) in [6, 6.07) is 8.24. The van der Waals surface area contributed by atoms with Crippen molar-refractivity contribution in [2.24, 2.45) is 0 Å². The molecule has 0 radical (unpaired) electrons. The second-order valence-corrected chi connectivity index (χ2v) is 7.48. The van der Waals surface area contributed by atoms with E-state index in [-0.39, 0.29) is 0 Å². The summed E-state index contributed by atoms with van der Waals surface area (Å²) in [7, 11) is 0. The molecule has 5 heteroatoms. The first-order chi connectivity index (χ1) is 12.6. The molecule has 1 aromatic heterocycles. The van der Waals surface area contributed by atoms with E-state index in [1.807, 2.05) is 29.1 Å². The average molecular weight is 386 g/mol. The van der Waals surface area contributed by atoms with Gasteiger partial charge in [-0.15, -0.1) is 6.42 Å². The minimum atomic E-state index is 0.469. The first-order valence-electron chi connectivity index (χ1n) is 8.85. The van der Waals surface area contributed by atoms with E-state index < -0.39 is 0 Å². The highest BCUT2D eigenvalue weighted by molar-refractivity contribution is 6.43. The lowest BCUT2D eigenvalue weighted by atomic mass is 9.94. The van der Waals surface area contributed by atoms with Crippen molar-refractivity contribution in [1.82, 2.24) is 9.47 Å². The standard InChI is InChI=1S/C21H21Cl2N3/c1-2-11-26(17-7-4-3-5-8-17)15-25-13-16(12-24)19(14-25)18-9-6-10-20(22)21(18)23/h1,6,9-10,13-14,17H,3-5,7-8,11,15H2. The van der Waals surface area contributed by atoms with Crippen molar-refractivity contribution in [3.63, 3.8) is 0 Å². The highest BCUT2D eigenvalue weighted by Gasteiger charge is 2.21. The maximum Gasteiger partial charge on any atom is 0.101 e. The number of nitrogens with zero attached hydrogens (tertiary/aromatic N) is 3. The number of benzene rings is 1. The van der Waals surface area contributed by atoms with Crippen LogP contribution in [0.25, 0.3) is 11.1 Å². The molecule has 3 rings (SSSR count). The Morgan fingerprint density at radius 3 is 2.62 bits per heavy atom. The van der Waals surface area contributed by atoms with Gasteiger partial charge in [0.15, 0.2) is 0 Å². The minimum absolute atomic E-state index is 0.469. The van der Waals surface area contributed by atoms with E-state index in [0.717, 1.165) is 11.1 Å². The third-order valence-corrected chi connectivity index (χ3v) is 5.79. The van der Waals surface area contributed by atoms with Gasteiger partial charge in [0.05, 0.1) is 28.8 Å². The normalized spacial score (nSPS) is 15.0. The topological polar surface area (TPSA) is 32.0 Å². The molecule has 1 aromatic carbocycles. The van der Waals surface area contributed by atoms with Gasteiger partial charge in [-0.3, -0.25) is 4.90 Å². The fourth-order valence-electron chi connectivity index (χ4n) is 3.67. The fraction of sp³-hybridized carbons (Fsp3) is 0.381. The number of terminal acetylenes is 1. The Bertz CT molecular complexity index is 851. The number of nitriles is 1. The first kappa shape index (κ1) is 18.9. The Morgan fingerprint density at radius 2 is 1.92 bits per heavy atom. The molecule has 0 spiro atoms. The van der Waals surface area contributed by atoms with Gasteiger partial charge in [0.1, 0.15) is 6.07 Å². The largest absolute Gasteiger partial charge is 0.339 e. The maximum atomic E-state index is 9.55. The molecule has 1 saturated carbocycles. The van der Waals surface area contributed by atoms with Gasteiger partial charge in [0.2, 0.25) is 0 Å². The Labute approximate surface area is 165 Å². The highest BCUT2D eigenvalue weighted by Crippen LogP contribution is 2.35. The summed E-state index contributed by atoms with van der Waals surface area (Å²) in [5, 5.41) is 10.5. The number of aromatic nitrogens is 1. The molecule has 0 saturated heterocycles. The van der Waals surface area contributed by atoms with Crippen molar-refractivity contribution in [2.45, 2.75) is 44.8 Å². The van der Waals surface area contributed by atoms with E-state index in [1.165, 1.54) is 32.1 Å². The summed E-state index contributed by atoms with van der Waals surface area (Å²) in [6.07, 6.45) is 15.6. The second kappa shape index (κ2) is 8.65. The van der Waals surface area contributed by atoms with Crippen LogP contribution in [0.1, 0.15) is 37.7 Å². The van der Waals surface area contributed by atoms with E-state index in [2.05, 4.69) is 16.9 Å². The molecule has 0 atom stereocenters. The van der Waals surface area contributed by atoms with Crippen molar-refractivity contribution in [1.29, 1.82) is 5.26 Å². The van der Waals surface area contributed by atoms with Gasteiger partial charge in [-0.1, -0.05) is 60.5 Å². The minimum Gasteiger partial charge on any atom is -0.339 e. The highest BCUT2D eigenvalue weighted by atomic mass is 35.5. The Morgan fingerprint density at radius 1 is 1.15 bits per heavy atom. The van der Waals surface area contributed by atoms with Crippen LogP contribution >= 0.6 is 23.2 Å². The van der Waals surface area contributed by atoms with E-state index in [1.54, 1.807) is 6.07 Å². The number of hydrogen-bond donors (Lipinski definition) is 0. The predicted molar refractivity (Wildman–Crippen MR) is 107 cm³/mol. The van der Waals surface area contributed by atoms with Gasteiger partial charge in [0.25, 0.3) is 0 Å². The lowest BCUT2D eigenvalue weighted by Gasteiger charge is -2.33. The number of halogens is 2. The van der Waals surface area contributed by atoms with Crippen LogP contribution in [0, 0.1) is 23.7 Å². The van der Waals surface area contributed by atoms with Crippen molar-refractivity contribution >= 4 is 23.2 Å². The fourth-order valence-corrected chi connectivity index (χ4v) is 4.08. The zero-order chi connectivity index (χ0) is 18.5. The van der Waals surface area contributed by atoms with Gasteiger partial charge in [-0.25, -0.2) is 0 Å². The summed E-state index contributed by atoms with van der Waals surface area (Å²) < 4.78 is 2.02. The van der Waals surface area contributed by atoms with Crippen LogP contribution in [0.15, 0.2) is 30.6 Å². The van der Waals surface area contributed by atoms with Crippen LogP contribution < -0.4 is 0 Å². The van der Waals surface area contributed by atoms with E-state index in [4.69, 9.17) is 29.6 Å². The van der Waals surface area contributed by atoms with Crippen LogP contribution in [0.5, 0.6) is 0 Å². The van der Waals surface area contributed by atoms with Crippen LogP contribution in [-0.4, -0.2) is 22.1 Å². The van der Waals surface area contributed by atoms with E-state index >= 15 is 0 Å². The number of rotatable bonds is 5. The number of hydrogen-bond acceptors (Lipinski definition) is 2.